The lowest BCUT2D eigenvalue weighted by Crippen LogP contribution is -2.42. The van der Waals surface area contributed by atoms with Gasteiger partial charge in [0.15, 0.2) is 0 Å². The van der Waals surface area contributed by atoms with Crippen LogP contribution in [0.25, 0.3) is 0 Å². The number of rotatable bonds is 3. The maximum Gasteiger partial charge on any atom is 0.225 e. The summed E-state index contributed by atoms with van der Waals surface area (Å²) in [7, 11) is 0. The second-order valence-electron chi connectivity index (χ2n) is 7.52. The third-order valence-electron chi connectivity index (χ3n) is 5.85. The molecule has 1 aromatic rings. The second kappa shape index (κ2) is 9.20. The van der Waals surface area contributed by atoms with E-state index in [2.05, 4.69) is 25.8 Å². The number of carbonyl (C=O) groups excluding carboxylic acids is 1. The highest BCUT2D eigenvalue weighted by molar-refractivity contribution is 5.85. The van der Waals surface area contributed by atoms with E-state index < -0.39 is 0 Å². The van der Waals surface area contributed by atoms with Gasteiger partial charge < -0.3 is 15.5 Å². The first-order valence-corrected chi connectivity index (χ1v) is 9.32. The van der Waals surface area contributed by atoms with Crippen LogP contribution in [-0.4, -0.2) is 53.0 Å². The number of carbonyl (C=O) groups is 1. The predicted octanol–water partition coefficient (Wildman–Crippen LogP) is 2.36. The lowest BCUT2D eigenvalue weighted by molar-refractivity contribution is -0.135. The molecule has 0 bridgehead atoms. The smallest absolute Gasteiger partial charge is 0.225 e. The number of nitrogens with two attached hydrogens (primary N) is 1. The number of piperidine rings is 1. The third kappa shape index (κ3) is 4.41. The van der Waals surface area contributed by atoms with Crippen molar-refractivity contribution in [3.05, 3.63) is 18.1 Å². The molecule has 1 saturated carbocycles. The summed E-state index contributed by atoms with van der Waals surface area (Å²) >= 11 is 0. The molecule has 1 aliphatic carbocycles. The van der Waals surface area contributed by atoms with Gasteiger partial charge in [-0.05, 0) is 38.5 Å². The zero-order chi connectivity index (χ0) is 16.5. The van der Waals surface area contributed by atoms with Crippen LogP contribution in [0.5, 0.6) is 0 Å². The number of hydrogen-bond donors (Lipinski definition) is 1. The molecule has 6 nitrogen and oxygen atoms in total. The number of hydrogen-bond acceptors (Lipinski definition) is 5. The topological polar surface area (TPSA) is 75.3 Å². The number of aromatic nitrogens is 2. The van der Waals surface area contributed by atoms with Gasteiger partial charge in [0.05, 0.1) is 0 Å². The summed E-state index contributed by atoms with van der Waals surface area (Å²) in [5.41, 5.74) is 7.01. The van der Waals surface area contributed by atoms with Crippen molar-refractivity contribution in [3.8, 4) is 0 Å². The Balaban J connectivity index is 0.00000121. The number of nitrogens with zero attached hydrogens (tertiary/aromatic N) is 4. The minimum absolute atomic E-state index is 0. The first-order valence-electron chi connectivity index (χ1n) is 9.32. The SMILES string of the molecule is Cl.Cl.NC1CC(c2cc(N3CCC(C(=O)N4CCCC4)CC3)ncn2)C1. The maximum atomic E-state index is 12.5. The van der Waals surface area contributed by atoms with Crippen LogP contribution in [-0.2, 0) is 4.79 Å². The summed E-state index contributed by atoms with van der Waals surface area (Å²) in [6.07, 6.45) is 7.94. The van der Waals surface area contributed by atoms with Crippen molar-refractivity contribution < 1.29 is 4.79 Å². The van der Waals surface area contributed by atoms with Gasteiger partial charge in [-0.15, -0.1) is 24.8 Å². The van der Waals surface area contributed by atoms with Crippen molar-refractivity contribution in [2.75, 3.05) is 31.1 Å². The molecule has 1 amide bonds. The van der Waals surface area contributed by atoms with Crippen LogP contribution in [0.1, 0.15) is 50.1 Å². The number of halogens is 2. The van der Waals surface area contributed by atoms with E-state index in [-0.39, 0.29) is 30.7 Å². The van der Waals surface area contributed by atoms with Crippen molar-refractivity contribution in [1.82, 2.24) is 14.9 Å². The van der Waals surface area contributed by atoms with E-state index in [0.717, 1.165) is 63.4 Å². The Labute approximate surface area is 167 Å². The fourth-order valence-corrected chi connectivity index (χ4v) is 4.21. The van der Waals surface area contributed by atoms with E-state index in [1.807, 2.05) is 0 Å². The molecule has 1 aromatic heterocycles. The van der Waals surface area contributed by atoms with Gasteiger partial charge in [0, 0.05) is 55.8 Å². The fourth-order valence-electron chi connectivity index (χ4n) is 4.21. The highest BCUT2D eigenvalue weighted by atomic mass is 35.5. The molecule has 0 atom stereocenters. The molecule has 0 unspecified atom stereocenters. The van der Waals surface area contributed by atoms with Gasteiger partial charge in [-0.1, -0.05) is 0 Å². The standard InChI is InChI=1S/C18H27N5O.2ClH/c19-15-9-14(10-15)16-11-17(21-12-20-16)22-7-3-13(4-8-22)18(24)23-5-1-2-6-23;;/h11-15H,1-10,19H2;2*1H. The first kappa shape index (κ1) is 21.2. The van der Waals surface area contributed by atoms with Crippen LogP contribution >= 0.6 is 24.8 Å². The zero-order valence-electron chi connectivity index (χ0n) is 15.0. The molecule has 26 heavy (non-hydrogen) atoms. The van der Waals surface area contributed by atoms with E-state index in [4.69, 9.17) is 5.73 Å². The van der Waals surface area contributed by atoms with E-state index in [1.165, 1.54) is 12.8 Å². The average molecular weight is 402 g/mol. The minimum Gasteiger partial charge on any atom is -0.356 e. The molecule has 3 fully saturated rings. The Morgan fingerprint density at radius 2 is 1.69 bits per heavy atom. The lowest BCUT2D eigenvalue weighted by Gasteiger charge is -2.35. The lowest BCUT2D eigenvalue weighted by atomic mass is 9.78. The van der Waals surface area contributed by atoms with Gasteiger partial charge in [-0.3, -0.25) is 4.79 Å². The normalized spacial score (nSPS) is 25.9. The molecular weight excluding hydrogens is 373 g/mol. The second-order valence-corrected chi connectivity index (χ2v) is 7.52. The summed E-state index contributed by atoms with van der Waals surface area (Å²) in [5.74, 6) is 2.08. The summed E-state index contributed by atoms with van der Waals surface area (Å²) < 4.78 is 0. The molecule has 0 radical (unpaired) electrons. The van der Waals surface area contributed by atoms with Crippen LogP contribution < -0.4 is 10.6 Å². The van der Waals surface area contributed by atoms with Gasteiger partial charge in [0.25, 0.3) is 0 Å². The Morgan fingerprint density at radius 1 is 1.04 bits per heavy atom. The molecule has 4 rings (SSSR count). The van der Waals surface area contributed by atoms with E-state index in [9.17, 15) is 4.79 Å². The number of likely N-dealkylation sites (tertiary alicyclic amines) is 1. The molecule has 2 N–H and O–H groups in total. The van der Waals surface area contributed by atoms with Gasteiger partial charge in [0.1, 0.15) is 12.1 Å². The van der Waals surface area contributed by atoms with E-state index >= 15 is 0 Å². The van der Waals surface area contributed by atoms with Crippen LogP contribution in [0.15, 0.2) is 12.4 Å². The monoisotopic (exact) mass is 401 g/mol. The number of anilines is 1. The van der Waals surface area contributed by atoms with Gasteiger partial charge >= 0.3 is 0 Å². The Hall–Kier alpha value is -1.11. The minimum atomic E-state index is 0. The predicted molar refractivity (Wildman–Crippen MR) is 107 cm³/mol. The zero-order valence-corrected chi connectivity index (χ0v) is 16.7. The molecule has 0 aromatic carbocycles. The van der Waals surface area contributed by atoms with Crippen LogP contribution in [0.2, 0.25) is 0 Å². The molecule has 3 aliphatic rings. The summed E-state index contributed by atoms with van der Waals surface area (Å²) in [6, 6.07) is 2.46. The average Bonchev–Trinajstić information content (AvgIpc) is 3.13. The first-order chi connectivity index (χ1) is 11.7. The van der Waals surface area contributed by atoms with Crippen molar-refractivity contribution in [2.45, 2.75) is 50.5 Å². The van der Waals surface area contributed by atoms with Crippen molar-refractivity contribution >= 4 is 36.5 Å². The van der Waals surface area contributed by atoms with Gasteiger partial charge in [-0.2, -0.15) is 0 Å². The Bertz CT molecular complexity index is 597. The Morgan fingerprint density at radius 3 is 2.31 bits per heavy atom. The molecular formula is C18H29Cl2N5O. The van der Waals surface area contributed by atoms with Crippen LogP contribution in [0, 0.1) is 5.92 Å². The van der Waals surface area contributed by atoms with Crippen LogP contribution in [0.3, 0.4) is 0 Å². The van der Waals surface area contributed by atoms with Crippen molar-refractivity contribution in [3.63, 3.8) is 0 Å². The molecule has 3 heterocycles. The molecule has 8 heteroatoms. The van der Waals surface area contributed by atoms with Crippen LogP contribution in [0.4, 0.5) is 5.82 Å². The highest BCUT2D eigenvalue weighted by Crippen LogP contribution is 2.35. The molecule has 0 spiro atoms. The van der Waals surface area contributed by atoms with E-state index in [0.29, 0.717) is 17.9 Å². The molecule has 2 saturated heterocycles. The fraction of sp³-hybridized carbons (Fsp3) is 0.722. The van der Waals surface area contributed by atoms with Crippen molar-refractivity contribution in [1.29, 1.82) is 0 Å². The van der Waals surface area contributed by atoms with Crippen molar-refractivity contribution in [2.24, 2.45) is 11.7 Å². The quantitative estimate of drug-likeness (QED) is 0.840. The molecule has 146 valence electrons. The summed E-state index contributed by atoms with van der Waals surface area (Å²) in [4.78, 5) is 25.8. The highest BCUT2D eigenvalue weighted by Gasteiger charge is 2.31. The molecule has 2 aliphatic heterocycles. The summed E-state index contributed by atoms with van der Waals surface area (Å²) in [5, 5.41) is 0. The van der Waals surface area contributed by atoms with Gasteiger partial charge in [0.2, 0.25) is 5.91 Å². The Kier molecular flexibility index (Phi) is 7.50. The maximum absolute atomic E-state index is 12.5. The van der Waals surface area contributed by atoms with E-state index in [1.54, 1.807) is 6.33 Å². The summed E-state index contributed by atoms with van der Waals surface area (Å²) in [6.45, 7) is 3.73. The largest absolute Gasteiger partial charge is 0.356 e. The number of amides is 1. The van der Waals surface area contributed by atoms with Gasteiger partial charge in [-0.25, -0.2) is 9.97 Å². The third-order valence-corrected chi connectivity index (χ3v) is 5.85.